The van der Waals surface area contributed by atoms with E-state index in [4.69, 9.17) is 21.1 Å². The van der Waals surface area contributed by atoms with Crippen LogP contribution in [-0.4, -0.2) is 20.3 Å². The topological polar surface area (TPSA) is 59.6 Å². The highest BCUT2D eigenvalue weighted by atomic mass is 35.5. The molecule has 0 spiro atoms. The molecule has 2 aromatic rings. The lowest BCUT2D eigenvalue weighted by Crippen LogP contribution is -2.21. The standard InChI is InChI=1S/C18H21ClN2O3/c1-5-12-8-6-7-11(2)17(12)21-18(22)20-14-10-15(23-3)13(19)9-16(14)24-4/h6-10H,5H2,1-4H3,(H2,20,21,22). The third-order valence-corrected chi connectivity index (χ3v) is 4.00. The van der Waals surface area contributed by atoms with Gasteiger partial charge < -0.3 is 20.1 Å². The second-order valence-corrected chi connectivity index (χ2v) is 5.64. The maximum atomic E-state index is 12.4. The van der Waals surface area contributed by atoms with Crippen LogP contribution in [0.5, 0.6) is 11.5 Å². The molecule has 2 rings (SSSR count). The van der Waals surface area contributed by atoms with E-state index in [1.165, 1.54) is 14.2 Å². The third-order valence-electron chi connectivity index (χ3n) is 3.70. The van der Waals surface area contributed by atoms with Crippen LogP contribution in [0.15, 0.2) is 30.3 Å². The van der Waals surface area contributed by atoms with Crippen LogP contribution >= 0.6 is 11.6 Å². The molecule has 0 saturated carbocycles. The lowest BCUT2D eigenvalue weighted by atomic mass is 10.1. The molecule has 0 heterocycles. The van der Waals surface area contributed by atoms with E-state index in [-0.39, 0.29) is 6.03 Å². The van der Waals surface area contributed by atoms with Gasteiger partial charge in [-0.1, -0.05) is 36.7 Å². The quantitative estimate of drug-likeness (QED) is 0.810. The second-order valence-electron chi connectivity index (χ2n) is 5.23. The van der Waals surface area contributed by atoms with E-state index < -0.39 is 0 Å². The van der Waals surface area contributed by atoms with Crippen LogP contribution in [0.4, 0.5) is 16.2 Å². The van der Waals surface area contributed by atoms with E-state index >= 15 is 0 Å². The number of amides is 2. The Morgan fingerprint density at radius 1 is 1.12 bits per heavy atom. The fourth-order valence-corrected chi connectivity index (χ4v) is 2.66. The fourth-order valence-electron chi connectivity index (χ4n) is 2.43. The van der Waals surface area contributed by atoms with E-state index in [9.17, 15) is 4.79 Å². The number of aryl methyl sites for hydroxylation is 2. The molecule has 0 aliphatic carbocycles. The Morgan fingerprint density at radius 3 is 2.46 bits per heavy atom. The first-order valence-corrected chi connectivity index (χ1v) is 7.96. The highest BCUT2D eigenvalue weighted by molar-refractivity contribution is 6.32. The summed E-state index contributed by atoms with van der Waals surface area (Å²) in [6.45, 7) is 4.01. The van der Waals surface area contributed by atoms with Crippen LogP contribution < -0.4 is 20.1 Å². The maximum Gasteiger partial charge on any atom is 0.323 e. The van der Waals surface area contributed by atoms with Gasteiger partial charge in [0.25, 0.3) is 0 Å². The highest BCUT2D eigenvalue weighted by Crippen LogP contribution is 2.36. The normalized spacial score (nSPS) is 10.2. The zero-order valence-corrected chi connectivity index (χ0v) is 15.0. The van der Waals surface area contributed by atoms with Gasteiger partial charge in [-0.15, -0.1) is 0 Å². The molecule has 2 N–H and O–H groups in total. The van der Waals surface area contributed by atoms with Crippen molar-refractivity contribution in [3.8, 4) is 11.5 Å². The molecule has 24 heavy (non-hydrogen) atoms. The molecule has 6 heteroatoms. The molecule has 2 amide bonds. The molecule has 2 aromatic carbocycles. The van der Waals surface area contributed by atoms with Gasteiger partial charge >= 0.3 is 6.03 Å². The smallest absolute Gasteiger partial charge is 0.323 e. The van der Waals surface area contributed by atoms with Crippen molar-refractivity contribution >= 4 is 29.0 Å². The number of ether oxygens (including phenoxy) is 2. The molecule has 0 atom stereocenters. The predicted molar refractivity (Wildman–Crippen MR) is 97.8 cm³/mol. The first-order valence-electron chi connectivity index (χ1n) is 7.58. The summed E-state index contributed by atoms with van der Waals surface area (Å²) in [5, 5.41) is 6.09. The predicted octanol–water partition coefficient (Wildman–Crippen LogP) is 4.87. The summed E-state index contributed by atoms with van der Waals surface area (Å²) in [7, 11) is 3.02. The molecular weight excluding hydrogens is 328 g/mol. The van der Waals surface area contributed by atoms with Gasteiger partial charge in [0.2, 0.25) is 0 Å². The minimum absolute atomic E-state index is 0.360. The number of methoxy groups -OCH3 is 2. The summed E-state index contributed by atoms with van der Waals surface area (Å²) in [5.41, 5.74) is 3.37. The van der Waals surface area contributed by atoms with Crippen LogP contribution in [-0.2, 0) is 6.42 Å². The minimum Gasteiger partial charge on any atom is -0.495 e. The van der Waals surface area contributed by atoms with E-state index in [1.807, 2.05) is 32.0 Å². The zero-order chi connectivity index (χ0) is 17.7. The Kier molecular flexibility index (Phi) is 5.93. The molecule has 0 fully saturated rings. The van der Waals surface area contributed by atoms with E-state index in [0.29, 0.717) is 22.2 Å². The monoisotopic (exact) mass is 348 g/mol. The van der Waals surface area contributed by atoms with E-state index in [2.05, 4.69) is 10.6 Å². The van der Waals surface area contributed by atoms with Crippen LogP contribution in [0.2, 0.25) is 5.02 Å². The number of benzene rings is 2. The minimum atomic E-state index is -0.360. The van der Waals surface area contributed by atoms with Crippen molar-refractivity contribution in [1.82, 2.24) is 0 Å². The van der Waals surface area contributed by atoms with Gasteiger partial charge in [-0.05, 0) is 24.5 Å². The van der Waals surface area contributed by atoms with Crippen molar-refractivity contribution in [2.24, 2.45) is 0 Å². The van der Waals surface area contributed by atoms with Crippen LogP contribution in [0, 0.1) is 6.92 Å². The number of hydrogen-bond donors (Lipinski definition) is 2. The first-order chi connectivity index (χ1) is 11.5. The molecule has 0 bridgehead atoms. The van der Waals surface area contributed by atoms with Crippen molar-refractivity contribution in [1.29, 1.82) is 0 Å². The lowest BCUT2D eigenvalue weighted by Gasteiger charge is -2.16. The number of carbonyl (C=O) groups excluding carboxylic acids is 1. The first kappa shape index (κ1) is 17.9. The maximum absolute atomic E-state index is 12.4. The largest absolute Gasteiger partial charge is 0.495 e. The van der Waals surface area contributed by atoms with Gasteiger partial charge in [-0.2, -0.15) is 0 Å². The van der Waals surface area contributed by atoms with Gasteiger partial charge in [-0.3, -0.25) is 0 Å². The van der Waals surface area contributed by atoms with Crippen molar-refractivity contribution < 1.29 is 14.3 Å². The Labute approximate surface area is 146 Å². The number of para-hydroxylation sites is 1. The van der Waals surface area contributed by atoms with E-state index in [0.717, 1.165) is 23.2 Å². The molecule has 0 saturated heterocycles. The Hall–Kier alpha value is -2.40. The molecule has 128 valence electrons. The summed E-state index contributed by atoms with van der Waals surface area (Å²) in [6.07, 6.45) is 0.829. The number of nitrogens with one attached hydrogen (secondary N) is 2. The summed E-state index contributed by atoms with van der Waals surface area (Å²) < 4.78 is 10.4. The number of rotatable bonds is 5. The molecule has 5 nitrogen and oxygen atoms in total. The molecule has 0 radical (unpaired) electrons. The Morgan fingerprint density at radius 2 is 1.83 bits per heavy atom. The van der Waals surface area contributed by atoms with Crippen LogP contribution in [0.25, 0.3) is 0 Å². The summed E-state index contributed by atoms with van der Waals surface area (Å²) in [5.74, 6) is 0.911. The van der Waals surface area contributed by atoms with Crippen molar-refractivity contribution in [3.63, 3.8) is 0 Å². The number of hydrogen-bond acceptors (Lipinski definition) is 3. The number of anilines is 2. The van der Waals surface area contributed by atoms with Gasteiger partial charge in [0.15, 0.2) is 0 Å². The molecule has 0 aromatic heterocycles. The van der Waals surface area contributed by atoms with Crippen LogP contribution in [0.1, 0.15) is 18.1 Å². The fraction of sp³-hybridized carbons (Fsp3) is 0.278. The SMILES string of the molecule is CCc1cccc(C)c1NC(=O)Nc1cc(OC)c(Cl)cc1OC. The van der Waals surface area contributed by atoms with Gasteiger partial charge in [-0.25, -0.2) is 4.79 Å². The highest BCUT2D eigenvalue weighted by Gasteiger charge is 2.14. The van der Waals surface area contributed by atoms with Gasteiger partial charge in [0.1, 0.15) is 11.5 Å². The number of halogens is 1. The molecule has 0 aliphatic heterocycles. The number of urea groups is 1. The Bertz CT molecular complexity index is 747. The summed E-state index contributed by atoms with van der Waals surface area (Å²) >= 11 is 6.07. The molecule has 0 unspecified atom stereocenters. The average molecular weight is 349 g/mol. The van der Waals surface area contributed by atoms with Crippen molar-refractivity contribution in [2.75, 3.05) is 24.9 Å². The Balaban J connectivity index is 2.25. The summed E-state index contributed by atoms with van der Waals surface area (Å²) in [4.78, 5) is 12.4. The van der Waals surface area contributed by atoms with Gasteiger partial charge in [0, 0.05) is 17.8 Å². The van der Waals surface area contributed by atoms with Crippen LogP contribution in [0.3, 0.4) is 0 Å². The van der Waals surface area contributed by atoms with Gasteiger partial charge in [0.05, 0.1) is 24.9 Å². The average Bonchev–Trinajstić information content (AvgIpc) is 2.57. The second kappa shape index (κ2) is 7.93. The van der Waals surface area contributed by atoms with Crippen molar-refractivity contribution in [3.05, 3.63) is 46.5 Å². The lowest BCUT2D eigenvalue weighted by molar-refractivity contribution is 0.262. The van der Waals surface area contributed by atoms with E-state index in [1.54, 1.807) is 12.1 Å². The van der Waals surface area contributed by atoms with Crippen molar-refractivity contribution in [2.45, 2.75) is 20.3 Å². The number of carbonyl (C=O) groups is 1. The third kappa shape index (κ3) is 3.92. The molecule has 0 aliphatic rings. The zero-order valence-electron chi connectivity index (χ0n) is 14.2. The summed E-state index contributed by atoms with van der Waals surface area (Å²) in [6, 6.07) is 8.79. The molecular formula is C18H21ClN2O3.